The lowest BCUT2D eigenvalue weighted by Gasteiger charge is -2.26. The van der Waals surface area contributed by atoms with Crippen LogP contribution in [-0.4, -0.2) is 35.7 Å². The van der Waals surface area contributed by atoms with Crippen LogP contribution in [0.2, 0.25) is 0 Å². The lowest BCUT2D eigenvalue weighted by Crippen LogP contribution is -2.44. The summed E-state index contributed by atoms with van der Waals surface area (Å²) in [5.74, 6) is 1.19. The van der Waals surface area contributed by atoms with Gasteiger partial charge in [-0.2, -0.15) is 0 Å². The normalized spacial score (nSPS) is 18.8. The van der Waals surface area contributed by atoms with Gasteiger partial charge >= 0.3 is 6.03 Å². The van der Waals surface area contributed by atoms with Crippen molar-refractivity contribution in [3.8, 4) is 0 Å². The van der Waals surface area contributed by atoms with Gasteiger partial charge in [0.2, 0.25) is 0 Å². The number of aliphatic hydroxyl groups is 1. The number of aryl methyl sites for hydroxylation is 1. The molecule has 2 aliphatic carbocycles. The SMILES string of the molecule is Cc1ccc(C(NC(=O)N(CCO)CC2CC2)C2CC2)cc1. The van der Waals surface area contributed by atoms with Crippen LogP contribution in [0.15, 0.2) is 24.3 Å². The van der Waals surface area contributed by atoms with Gasteiger partial charge in [-0.3, -0.25) is 0 Å². The zero-order valence-electron chi connectivity index (χ0n) is 13.3. The fourth-order valence-electron chi connectivity index (χ4n) is 2.91. The van der Waals surface area contributed by atoms with Crippen LogP contribution in [0.5, 0.6) is 0 Å². The summed E-state index contributed by atoms with van der Waals surface area (Å²) in [4.78, 5) is 14.4. The number of rotatable bonds is 7. The second-order valence-corrected chi connectivity index (χ2v) is 6.79. The van der Waals surface area contributed by atoms with Crippen LogP contribution >= 0.6 is 0 Å². The van der Waals surface area contributed by atoms with E-state index in [1.54, 1.807) is 4.90 Å². The topological polar surface area (TPSA) is 52.6 Å². The minimum Gasteiger partial charge on any atom is -0.395 e. The maximum atomic E-state index is 12.6. The standard InChI is InChI=1S/C18H26N2O2/c1-13-2-6-15(7-3-13)17(16-8-9-16)19-18(22)20(10-11-21)12-14-4-5-14/h2-3,6-7,14,16-17,21H,4-5,8-12H2,1H3,(H,19,22). The van der Waals surface area contributed by atoms with Gasteiger partial charge in [-0.1, -0.05) is 29.8 Å². The van der Waals surface area contributed by atoms with Crippen molar-refractivity contribution in [3.05, 3.63) is 35.4 Å². The minimum atomic E-state index is -0.0292. The van der Waals surface area contributed by atoms with Gasteiger partial charge in [0.1, 0.15) is 0 Å². The van der Waals surface area contributed by atoms with Crippen LogP contribution < -0.4 is 5.32 Å². The van der Waals surface area contributed by atoms with Gasteiger partial charge < -0.3 is 15.3 Å². The molecule has 2 fully saturated rings. The van der Waals surface area contributed by atoms with E-state index in [1.165, 1.54) is 36.8 Å². The number of hydrogen-bond donors (Lipinski definition) is 2. The van der Waals surface area contributed by atoms with Gasteiger partial charge in [0.15, 0.2) is 0 Å². The molecule has 2 saturated carbocycles. The first-order valence-corrected chi connectivity index (χ1v) is 8.40. The lowest BCUT2D eigenvalue weighted by atomic mass is 10.0. The number of benzene rings is 1. The molecule has 0 bridgehead atoms. The van der Waals surface area contributed by atoms with Crippen LogP contribution in [0, 0.1) is 18.8 Å². The Labute approximate surface area is 132 Å². The summed E-state index contributed by atoms with van der Waals surface area (Å²) in [6.45, 7) is 3.30. The van der Waals surface area contributed by atoms with Gasteiger partial charge in [0, 0.05) is 13.1 Å². The molecule has 1 aromatic rings. The smallest absolute Gasteiger partial charge is 0.317 e. The Morgan fingerprint density at radius 3 is 2.50 bits per heavy atom. The van der Waals surface area contributed by atoms with E-state index in [1.807, 2.05) is 0 Å². The molecule has 0 aliphatic heterocycles. The molecule has 0 aromatic heterocycles. The van der Waals surface area contributed by atoms with Crippen LogP contribution in [0.4, 0.5) is 4.79 Å². The van der Waals surface area contributed by atoms with Crippen molar-refractivity contribution in [1.29, 1.82) is 0 Å². The molecule has 120 valence electrons. The first-order valence-electron chi connectivity index (χ1n) is 8.40. The molecule has 1 aromatic carbocycles. The Kier molecular flexibility index (Phi) is 4.67. The number of urea groups is 1. The highest BCUT2D eigenvalue weighted by Crippen LogP contribution is 2.41. The van der Waals surface area contributed by atoms with Crippen LogP contribution in [0.1, 0.15) is 42.9 Å². The van der Waals surface area contributed by atoms with Crippen LogP contribution in [0.3, 0.4) is 0 Å². The van der Waals surface area contributed by atoms with E-state index in [-0.39, 0.29) is 18.7 Å². The summed E-state index contributed by atoms with van der Waals surface area (Å²) in [5.41, 5.74) is 2.43. The number of aliphatic hydroxyl groups excluding tert-OH is 1. The number of amides is 2. The molecule has 0 saturated heterocycles. The third-order valence-electron chi connectivity index (χ3n) is 4.64. The van der Waals surface area contributed by atoms with E-state index in [9.17, 15) is 9.90 Å². The molecular weight excluding hydrogens is 276 g/mol. The largest absolute Gasteiger partial charge is 0.395 e. The Hall–Kier alpha value is -1.55. The first-order chi connectivity index (χ1) is 10.7. The van der Waals surface area contributed by atoms with E-state index < -0.39 is 0 Å². The maximum Gasteiger partial charge on any atom is 0.317 e. The predicted octanol–water partition coefficient (Wildman–Crippen LogP) is 2.86. The molecule has 2 N–H and O–H groups in total. The molecule has 0 spiro atoms. The minimum absolute atomic E-state index is 0.0266. The number of nitrogens with one attached hydrogen (secondary N) is 1. The highest BCUT2D eigenvalue weighted by molar-refractivity contribution is 5.75. The Bertz CT molecular complexity index is 506. The van der Waals surface area contributed by atoms with Crippen molar-refractivity contribution in [1.82, 2.24) is 10.2 Å². The Morgan fingerprint density at radius 2 is 1.95 bits per heavy atom. The fraction of sp³-hybridized carbons (Fsp3) is 0.611. The third-order valence-corrected chi connectivity index (χ3v) is 4.64. The molecular formula is C18H26N2O2. The van der Waals surface area contributed by atoms with Crippen molar-refractivity contribution < 1.29 is 9.90 Å². The monoisotopic (exact) mass is 302 g/mol. The van der Waals surface area contributed by atoms with Crippen molar-refractivity contribution in [2.45, 2.75) is 38.6 Å². The molecule has 4 nitrogen and oxygen atoms in total. The zero-order chi connectivity index (χ0) is 15.5. The second kappa shape index (κ2) is 6.69. The highest BCUT2D eigenvalue weighted by atomic mass is 16.3. The zero-order valence-corrected chi connectivity index (χ0v) is 13.3. The molecule has 2 amide bonds. The van der Waals surface area contributed by atoms with E-state index in [0.717, 1.165) is 6.54 Å². The Morgan fingerprint density at radius 1 is 1.27 bits per heavy atom. The summed E-state index contributed by atoms with van der Waals surface area (Å²) < 4.78 is 0. The highest BCUT2D eigenvalue weighted by Gasteiger charge is 2.35. The number of nitrogens with zero attached hydrogens (tertiary/aromatic N) is 1. The number of hydrogen-bond acceptors (Lipinski definition) is 2. The fourth-order valence-corrected chi connectivity index (χ4v) is 2.91. The molecule has 1 unspecified atom stereocenters. The first kappa shape index (κ1) is 15.3. The molecule has 0 heterocycles. The molecule has 4 heteroatoms. The van der Waals surface area contributed by atoms with Crippen LogP contribution in [0.25, 0.3) is 0 Å². The van der Waals surface area contributed by atoms with Crippen molar-refractivity contribution in [2.24, 2.45) is 11.8 Å². The number of carbonyl (C=O) groups excluding carboxylic acids is 1. The molecule has 3 rings (SSSR count). The average molecular weight is 302 g/mol. The third kappa shape index (κ3) is 4.01. The van der Waals surface area contributed by atoms with E-state index in [4.69, 9.17) is 0 Å². The van der Waals surface area contributed by atoms with Crippen molar-refractivity contribution in [3.63, 3.8) is 0 Å². The summed E-state index contributed by atoms with van der Waals surface area (Å²) in [5, 5.41) is 12.4. The van der Waals surface area contributed by atoms with Gasteiger partial charge in [0.25, 0.3) is 0 Å². The summed E-state index contributed by atoms with van der Waals surface area (Å²) >= 11 is 0. The van der Waals surface area contributed by atoms with Gasteiger partial charge in [-0.15, -0.1) is 0 Å². The van der Waals surface area contributed by atoms with Crippen molar-refractivity contribution in [2.75, 3.05) is 19.7 Å². The van der Waals surface area contributed by atoms with Crippen LogP contribution in [-0.2, 0) is 0 Å². The van der Waals surface area contributed by atoms with E-state index in [0.29, 0.717) is 18.4 Å². The summed E-state index contributed by atoms with van der Waals surface area (Å²) in [6, 6.07) is 8.53. The molecule has 1 atom stereocenters. The van der Waals surface area contributed by atoms with E-state index >= 15 is 0 Å². The van der Waals surface area contributed by atoms with Gasteiger partial charge in [-0.25, -0.2) is 4.79 Å². The number of carbonyl (C=O) groups is 1. The Balaban J connectivity index is 1.66. The molecule has 0 radical (unpaired) electrons. The lowest BCUT2D eigenvalue weighted by molar-refractivity contribution is 0.170. The van der Waals surface area contributed by atoms with Crippen molar-refractivity contribution >= 4 is 6.03 Å². The average Bonchev–Trinajstić information content (AvgIpc) is 3.38. The quantitative estimate of drug-likeness (QED) is 0.814. The molecule has 22 heavy (non-hydrogen) atoms. The maximum absolute atomic E-state index is 12.6. The van der Waals surface area contributed by atoms with Gasteiger partial charge in [0.05, 0.1) is 12.6 Å². The molecule has 2 aliphatic rings. The van der Waals surface area contributed by atoms with Gasteiger partial charge in [-0.05, 0) is 50.0 Å². The summed E-state index contributed by atoms with van der Waals surface area (Å²) in [7, 11) is 0. The predicted molar refractivity (Wildman–Crippen MR) is 86.6 cm³/mol. The second-order valence-electron chi connectivity index (χ2n) is 6.79. The summed E-state index contributed by atoms with van der Waals surface area (Å²) in [6.07, 6.45) is 4.78. The van der Waals surface area contributed by atoms with E-state index in [2.05, 4.69) is 36.5 Å².